The lowest BCUT2D eigenvalue weighted by molar-refractivity contribution is 0.775. The van der Waals surface area contributed by atoms with Crippen LogP contribution in [0.1, 0.15) is 50.4 Å². The van der Waals surface area contributed by atoms with Gasteiger partial charge in [-0.15, -0.1) is 0 Å². The van der Waals surface area contributed by atoms with Gasteiger partial charge in [-0.2, -0.15) is 5.26 Å². The Morgan fingerprint density at radius 3 is 2.02 bits per heavy atom. The fourth-order valence-electron chi connectivity index (χ4n) is 9.10. The highest BCUT2D eigenvalue weighted by atomic mass is 15.2. The number of hydrazine groups is 1. The molecule has 4 nitrogen and oxygen atoms in total. The van der Waals surface area contributed by atoms with E-state index in [0.29, 0.717) is 5.56 Å². The third kappa shape index (κ3) is 5.04. The molecule has 0 fully saturated rings. The highest BCUT2D eigenvalue weighted by molar-refractivity contribution is 6.02. The molecule has 3 N–H and O–H groups in total. The van der Waals surface area contributed by atoms with E-state index >= 15 is 0 Å². The average molecular weight is 717 g/mol. The van der Waals surface area contributed by atoms with E-state index in [1.165, 1.54) is 44.0 Å². The summed E-state index contributed by atoms with van der Waals surface area (Å²) >= 11 is 0. The first-order valence-electron chi connectivity index (χ1n) is 18.9. The molecule has 0 saturated carbocycles. The minimum absolute atomic E-state index is 0.212. The Balaban J connectivity index is 1.27. The van der Waals surface area contributed by atoms with Crippen molar-refractivity contribution in [2.45, 2.75) is 11.3 Å². The summed E-state index contributed by atoms with van der Waals surface area (Å²) in [5.41, 5.74) is 20.5. The predicted molar refractivity (Wildman–Crippen MR) is 226 cm³/mol. The van der Waals surface area contributed by atoms with Crippen molar-refractivity contribution in [2.24, 2.45) is 5.84 Å². The Labute approximate surface area is 325 Å². The van der Waals surface area contributed by atoms with Crippen molar-refractivity contribution in [3.05, 3.63) is 255 Å². The summed E-state index contributed by atoms with van der Waals surface area (Å²) < 4.78 is 2.38. The van der Waals surface area contributed by atoms with E-state index in [0.717, 1.165) is 38.9 Å². The SMILES string of the molecule is N#Cc1cccc(C(/C=C(\NN)c2ccccc2)c2cccc(-n3c4c(c5ccccc53)=C3C(=C=4)C(c4ccccc4)(c4ccccc4)c4ccccc43)c2)c1. The number of nitrogens with two attached hydrogens (primary N) is 1. The van der Waals surface area contributed by atoms with Gasteiger partial charge < -0.3 is 9.99 Å². The molecule has 1 unspecified atom stereocenters. The number of nitrogens with one attached hydrogen (secondary N) is 1. The number of rotatable bonds is 8. The van der Waals surface area contributed by atoms with E-state index in [2.05, 4.69) is 167 Å². The number of aromatic nitrogens is 1. The van der Waals surface area contributed by atoms with Gasteiger partial charge in [-0.05, 0) is 75.4 Å². The van der Waals surface area contributed by atoms with Gasteiger partial charge in [0.1, 0.15) is 0 Å². The van der Waals surface area contributed by atoms with Crippen molar-refractivity contribution >= 4 is 27.9 Å². The Morgan fingerprint density at radius 1 is 0.679 bits per heavy atom. The smallest absolute Gasteiger partial charge is 0.0991 e. The highest BCUT2D eigenvalue weighted by Crippen LogP contribution is 2.56. The van der Waals surface area contributed by atoms with Gasteiger partial charge in [-0.25, -0.2) is 0 Å². The van der Waals surface area contributed by atoms with E-state index in [1.54, 1.807) is 0 Å². The van der Waals surface area contributed by atoms with Gasteiger partial charge in [0, 0.05) is 33.4 Å². The average Bonchev–Trinajstić information content (AvgIpc) is 3.90. The molecule has 0 radical (unpaired) electrons. The van der Waals surface area contributed by atoms with Crippen LogP contribution in [0.15, 0.2) is 200 Å². The molecule has 1 heterocycles. The van der Waals surface area contributed by atoms with Crippen LogP contribution in [-0.2, 0) is 5.41 Å². The van der Waals surface area contributed by atoms with E-state index in [-0.39, 0.29) is 5.92 Å². The standard InChI is InChI=1S/C52H36N4/c53-34-35-16-14-19-37(30-35)44(32-47(55-54)36-17-4-1-5-18-36)38-20-15-25-41(31-38)56-48-29-13-11-27-43(48)51-49(56)33-46-50(51)42-26-10-12-28-45(42)52(46,39-21-6-2-7-22-39)40-23-8-3-9-24-40/h1-32,44,55H,54H2/b47-32-. The van der Waals surface area contributed by atoms with E-state index in [4.69, 9.17) is 5.84 Å². The van der Waals surface area contributed by atoms with Crippen LogP contribution in [0.3, 0.4) is 0 Å². The molecule has 1 atom stereocenters. The summed E-state index contributed by atoms with van der Waals surface area (Å²) in [5, 5.41) is 13.3. The van der Waals surface area contributed by atoms with Crippen LogP contribution in [0.4, 0.5) is 0 Å². The van der Waals surface area contributed by atoms with Crippen LogP contribution < -0.4 is 21.8 Å². The number of hydrogen-bond acceptors (Lipinski definition) is 3. The van der Waals surface area contributed by atoms with E-state index in [9.17, 15) is 5.26 Å². The summed E-state index contributed by atoms with van der Waals surface area (Å²) in [4.78, 5) is 0. The van der Waals surface area contributed by atoms with Crippen LogP contribution in [0, 0.1) is 11.3 Å². The quantitative estimate of drug-likeness (QED) is 0.122. The number of benzene rings is 7. The Hall–Kier alpha value is -7.41. The molecule has 10 rings (SSSR count). The van der Waals surface area contributed by atoms with Crippen LogP contribution >= 0.6 is 0 Å². The van der Waals surface area contributed by atoms with E-state index < -0.39 is 5.41 Å². The lowest BCUT2D eigenvalue weighted by Crippen LogP contribution is -2.28. The predicted octanol–water partition coefficient (Wildman–Crippen LogP) is 9.00. The third-order valence-electron chi connectivity index (χ3n) is 11.4. The fraction of sp³-hybridized carbons (Fsp3) is 0.0385. The molecular formula is C52H36N4. The second-order valence-electron chi connectivity index (χ2n) is 14.4. The molecule has 56 heavy (non-hydrogen) atoms. The minimum atomic E-state index is -0.550. The lowest BCUT2D eigenvalue weighted by atomic mass is 9.68. The fourth-order valence-corrected chi connectivity index (χ4v) is 9.10. The number of nitrogens with zero attached hydrogens (tertiary/aromatic N) is 2. The van der Waals surface area contributed by atoms with Gasteiger partial charge in [-0.1, -0.05) is 163 Å². The molecule has 0 bridgehead atoms. The van der Waals surface area contributed by atoms with Crippen LogP contribution in [0.2, 0.25) is 0 Å². The monoisotopic (exact) mass is 716 g/mol. The maximum absolute atomic E-state index is 9.88. The zero-order valence-electron chi connectivity index (χ0n) is 30.5. The molecule has 8 aromatic rings. The van der Waals surface area contributed by atoms with Crippen molar-refractivity contribution in [1.82, 2.24) is 9.99 Å². The van der Waals surface area contributed by atoms with Crippen LogP contribution in [0.25, 0.3) is 33.6 Å². The van der Waals surface area contributed by atoms with E-state index in [1.807, 2.05) is 48.5 Å². The molecule has 7 aromatic carbocycles. The van der Waals surface area contributed by atoms with Crippen LogP contribution in [-0.4, -0.2) is 4.57 Å². The Morgan fingerprint density at radius 2 is 1.30 bits per heavy atom. The Kier molecular flexibility index (Phi) is 7.98. The number of para-hydroxylation sites is 1. The molecule has 0 spiro atoms. The maximum Gasteiger partial charge on any atom is 0.0991 e. The zero-order valence-corrected chi connectivity index (χ0v) is 30.5. The molecule has 1 aromatic heterocycles. The summed E-state index contributed by atoms with van der Waals surface area (Å²) in [5.74, 6) is 5.98. The molecule has 0 amide bonds. The molecule has 2 aliphatic rings. The molecule has 0 aliphatic heterocycles. The third-order valence-corrected chi connectivity index (χ3v) is 11.4. The van der Waals surface area contributed by atoms with Crippen molar-refractivity contribution in [2.75, 3.05) is 0 Å². The van der Waals surface area contributed by atoms with Gasteiger partial charge in [0.25, 0.3) is 0 Å². The van der Waals surface area contributed by atoms with Gasteiger partial charge in [0.2, 0.25) is 0 Å². The number of nitriles is 1. The molecule has 264 valence electrons. The summed E-state index contributed by atoms with van der Waals surface area (Å²) in [7, 11) is 0. The Bertz CT molecular complexity index is 3010. The van der Waals surface area contributed by atoms with Gasteiger partial charge >= 0.3 is 0 Å². The second kappa shape index (κ2) is 13.5. The van der Waals surface area contributed by atoms with Gasteiger partial charge in [-0.3, -0.25) is 5.84 Å². The normalized spacial score (nSPS) is 14.2. The summed E-state index contributed by atoms with van der Waals surface area (Å²) in [6, 6.07) is 68.4. The second-order valence-corrected chi connectivity index (χ2v) is 14.4. The molecule has 2 aliphatic carbocycles. The number of hydrogen-bond donors (Lipinski definition) is 2. The molecular weight excluding hydrogens is 681 g/mol. The summed E-state index contributed by atoms with van der Waals surface area (Å²) in [6.45, 7) is 0. The lowest BCUT2D eigenvalue weighted by Gasteiger charge is -2.32. The summed E-state index contributed by atoms with van der Waals surface area (Å²) in [6.07, 6.45) is 2.16. The first kappa shape index (κ1) is 33.2. The first-order valence-corrected chi connectivity index (χ1v) is 18.9. The highest BCUT2D eigenvalue weighted by Gasteiger charge is 2.50. The first-order chi connectivity index (χ1) is 27.7. The van der Waals surface area contributed by atoms with Gasteiger partial charge in [0.05, 0.1) is 33.6 Å². The van der Waals surface area contributed by atoms with Crippen LogP contribution in [0.5, 0.6) is 0 Å². The van der Waals surface area contributed by atoms with Crippen molar-refractivity contribution in [3.8, 4) is 11.8 Å². The maximum atomic E-state index is 9.88. The largest absolute Gasteiger partial charge is 0.324 e. The topological polar surface area (TPSA) is 66.8 Å². The van der Waals surface area contributed by atoms with Crippen molar-refractivity contribution in [1.29, 1.82) is 5.26 Å². The number of allylic oxidation sites excluding steroid dienone is 2. The molecule has 4 heteroatoms. The molecule has 0 saturated heterocycles. The van der Waals surface area contributed by atoms with Crippen molar-refractivity contribution in [3.63, 3.8) is 0 Å². The van der Waals surface area contributed by atoms with Crippen molar-refractivity contribution < 1.29 is 0 Å². The zero-order chi connectivity index (χ0) is 37.6. The minimum Gasteiger partial charge on any atom is -0.324 e. The number of fused-ring (bicyclic) bond motifs is 6. The van der Waals surface area contributed by atoms with Gasteiger partial charge in [0.15, 0.2) is 0 Å².